The molecular weight excluding hydrogens is 616 g/mol. The van der Waals surface area contributed by atoms with Gasteiger partial charge >= 0.3 is 5.97 Å². The molecule has 0 aromatic rings. The van der Waals surface area contributed by atoms with Crippen LogP contribution in [-0.4, -0.2) is 76.9 Å². The van der Waals surface area contributed by atoms with Gasteiger partial charge in [0, 0.05) is 5.92 Å². The highest BCUT2D eigenvalue weighted by molar-refractivity contribution is 5.95. The van der Waals surface area contributed by atoms with Crippen molar-refractivity contribution >= 4 is 17.7 Å². The van der Waals surface area contributed by atoms with Gasteiger partial charge in [0.05, 0.1) is 18.6 Å². The lowest BCUT2D eigenvalue weighted by Crippen LogP contribution is -2.67. The molecule has 14 atom stereocenters. The molecule has 1 amide bonds. The summed E-state index contributed by atoms with van der Waals surface area (Å²) in [6.45, 7) is 15.7. The molecule has 0 aromatic carbocycles. The van der Waals surface area contributed by atoms with Gasteiger partial charge in [-0.1, -0.05) is 47.1 Å². The lowest BCUT2D eigenvalue weighted by atomic mass is 9.33. The minimum absolute atomic E-state index is 0.0417. The number of nitrogens with one attached hydrogen (secondary N) is 1. The van der Waals surface area contributed by atoms with Crippen molar-refractivity contribution in [2.45, 2.75) is 143 Å². The second kappa shape index (κ2) is 11.6. The maximum atomic E-state index is 14.7. The van der Waals surface area contributed by atoms with Crippen molar-refractivity contribution < 1.29 is 43.9 Å². The Bertz CT molecular complexity index is 1380. The third-order valence-electron chi connectivity index (χ3n) is 15.5. The molecule has 1 saturated heterocycles. The van der Waals surface area contributed by atoms with Gasteiger partial charge in [0.1, 0.15) is 18.3 Å². The standard InChI is InChI=1S/C37H58N2O9/c1-32(2)22-9-12-37(7)28(35(22,5)11-10-23(32)47-30-26(43)24(41)25(42)27(48-30)29(44)39-38)21(40)17-19-20-18-34(4,31(45)46-8)14-13-33(20,3)15-16-36(19,37)6/h17,20,22-28,30,41-43H,9-16,18,38H2,1-8H3,(H,39,44)/t20?,22?,23?,24-,25-,26+,27-,28?,30?,33+,34-,35-,36+,37+/m0/s1. The fourth-order valence-electron chi connectivity index (χ4n) is 12.3. The molecule has 0 bridgehead atoms. The first-order valence-electron chi connectivity index (χ1n) is 17.9. The van der Waals surface area contributed by atoms with Crippen LogP contribution in [-0.2, 0) is 28.6 Å². The number of hydrazine groups is 1. The van der Waals surface area contributed by atoms with Crippen LogP contribution in [0.25, 0.3) is 0 Å². The molecule has 1 heterocycles. The topological polar surface area (TPSA) is 178 Å². The molecule has 1 aliphatic heterocycles. The molecule has 48 heavy (non-hydrogen) atoms. The fourth-order valence-corrected chi connectivity index (χ4v) is 12.3. The van der Waals surface area contributed by atoms with Crippen LogP contribution in [0.1, 0.15) is 106 Å². The number of nitrogens with two attached hydrogens (primary N) is 1. The van der Waals surface area contributed by atoms with Crippen LogP contribution < -0.4 is 11.3 Å². The summed E-state index contributed by atoms with van der Waals surface area (Å²) in [4.78, 5) is 40.0. The van der Waals surface area contributed by atoms with E-state index in [1.165, 1.54) is 12.7 Å². The number of rotatable bonds is 4. The van der Waals surface area contributed by atoms with E-state index in [1.54, 1.807) is 0 Å². The summed E-state index contributed by atoms with van der Waals surface area (Å²) in [6, 6.07) is 0. The molecule has 270 valence electrons. The number of aliphatic hydroxyl groups excluding tert-OH is 3. The minimum Gasteiger partial charge on any atom is -0.469 e. The Morgan fingerprint density at radius 3 is 2.23 bits per heavy atom. The Labute approximate surface area is 284 Å². The Hall–Kier alpha value is -1.89. The van der Waals surface area contributed by atoms with E-state index < -0.39 is 53.5 Å². The number of amides is 1. The molecule has 6 N–H and O–H groups in total. The van der Waals surface area contributed by atoms with E-state index in [1.807, 2.05) is 18.4 Å². The highest BCUT2D eigenvalue weighted by atomic mass is 16.7. The monoisotopic (exact) mass is 674 g/mol. The van der Waals surface area contributed by atoms with Crippen molar-refractivity contribution in [2.24, 2.45) is 56.1 Å². The molecule has 0 radical (unpaired) electrons. The maximum Gasteiger partial charge on any atom is 0.311 e. The van der Waals surface area contributed by atoms with Crippen LogP contribution in [0, 0.1) is 50.2 Å². The van der Waals surface area contributed by atoms with Crippen LogP contribution in [0.2, 0.25) is 0 Å². The van der Waals surface area contributed by atoms with Crippen molar-refractivity contribution in [3.63, 3.8) is 0 Å². The van der Waals surface area contributed by atoms with Crippen LogP contribution in [0.15, 0.2) is 11.6 Å². The molecule has 11 heteroatoms. The first kappa shape index (κ1) is 35.9. The van der Waals surface area contributed by atoms with Crippen LogP contribution in [0.5, 0.6) is 0 Å². The number of carbonyl (C=O) groups is 3. The van der Waals surface area contributed by atoms with Crippen molar-refractivity contribution in [1.29, 1.82) is 0 Å². The zero-order chi connectivity index (χ0) is 35.4. The Morgan fingerprint density at radius 1 is 0.917 bits per heavy atom. The third kappa shape index (κ3) is 4.84. The van der Waals surface area contributed by atoms with Gasteiger partial charge in [0.15, 0.2) is 18.2 Å². The number of ether oxygens (including phenoxy) is 3. The largest absolute Gasteiger partial charge is 0.469 e. The predicted molar refractivity (Wildman–Crippen MR) is 175 cm³/mol. The number of aliphatic hydroxyl groups is 3. The van der Waals surface area contributed by atoms with E-state index >= 15 is 0 Å². The number of allylic oxidation sites excluding steroid dienone is 2. The number of hydrogen-bond acceptors (Lipinski definition) is 10. The highest BCUT2D eigenvalue weighted by Gasteiger charge is 2.70. The molecule has 6 rings (SSSR count). The highest BCUT2D eigenvalue weighted by Crippen LogP contribution is 2.75. The minimum atomic E-state index is -1.67. The lowest BCUT2D eigenvalue weighted by Gasteiger charge is -2.70. The maximum absolute atomic E-state index is 14.7. The lowest BCUT2D eigenvalue weighted by molar-refractivity contribution is -0.321. The average molecular weight is 675 g/mol. The Balaban J connectivity index is 1.30. The van der Waals surface area contributed by atoms with Crippen LogP contribution >= 0.6 is 0 Å². The summed E-state index contributed by atoms with van der Waals surface area (Å²) in [5, 5.41) is 31.7. The number of esters is 1. The molecule has 0 spiro atoms. The summed E-state index contributed by atoms with van der Waals surface area (Å²) in [7, 11) is 1.47. The van der Waals surface area contributed by atoms with Crippen LogP contribution in [0.3, 0.4) is 0 Å². The summed E-state index contributed by atoms with van der Waals surface area (Å²) >= 11 is 0. The summed E-state index contributed by atoms with van der Waals surface area (Å²) in [5.41, 5.74) is 1.42. The zero-order valence-corrected chi connectivity index (χ0v) is 30.0. The molecule has 4 saturated carbocycles. The zero-order valence-electron chi connectivity index (χ0n) is 30.0. The SMILES string of the molecule is COC(=O)[C@@]1(C)CC[C@]2(C)CC[C@]3(C)C(=CC(=O)C4[C@@]5(C)CCC(OC6O[C@H](C(=O)NN)[C@@H](O)[C@H](O)[C@H]6O)C(C)(C)C5CC[C@]43C)C2C1. The number of hydrogen-bond donors (Lipinski definition) is 5. The average Bonchev–Trinajstić information content (AvgIpc) is 3.03. The molecular formula is C37H58N2O9. The predicted octanol–water partition coefficient (Wildman–Crippen LogP) is 3.32. The second-order valence-corrected chi connectivity index (χ2v) is 18.1. The van der Waals surface area contributed by atoms with Crippen LogP contribution in [0.4, 0.5) is 0 Å². The quantitative estimate of drug-likeness (QED) is 0.0977. The number of ketones is 1. The smallest absolute Gasteiger partial charge is 0.311 e. The molecule has 5 aliphatic carbocycles. The first-order valence-corrected chi connectivity index (χ1v) is 17.9. The summed E-state index contributed by atoms with van der Waals surface area (Å²) < 4.78 is 17.4. The van der Waals surface area contributed by atoms with Crippen molar-refractivity contribution in [2.75, 3.05) is 7.11 Å². The van der Waals surface area contributed by atoms with Crippen molar-refractivity contribution in [1.82, 2.24) is 5.43 Å². The molecule has 6 aliphatic rings. The van der Waals surface area contributed by atoms with Gasteiger partial charge < -0.3 is 29.5 Å². The van der Waals surface area contributed by atoms with Gasteiger partial charge in [-0.05, 0) is 110 Å². The van der Waals surface area contributed by atoms with E-state index in [2.05, 4.69) is 41.5 Å². The number of fused-ring (bicyclic) bond motifs is 7. The van der Waals surface area contributed by atoms with E-state index in [0.29, 0.717) is 12.8 Å². The Kier molecular flexibility index (Phi) is 8.66. The summed E-state index contributed by atoms with van der Waals surface area (Å²) in [6.07, 6.45) is 1.44. The van der Waals surface area contributed by atoms with Gasteiger partial charge in [0.25, 0.3) is 5.91 Å². The second-order valence-electron chi connectivity index (χ2n) is 18.1. The van der Waals surface area contributed by atoms with E-state index in [-0.39, 0.29) is 51.2 Å². The molecule has 0 aromatic heterocycles. The fraction of sp³-hybridized carbons (Fsp3) is 0.865. The van der Waals surface area contributed by atoms with Crippen molar-refractivity contribution in [3.05, 3.63) is 11.6 Å². The van der Waals surface area contributed by atoms with E-state index in [9.17, 15) is 29.7 Å². The van der Waals surface area contributed by atoms with Gasteiger partial charge in [-0.25, -0.2) is 5.84 Å². The first-order chi connectivity index (χ1) is 22.2. The molecule has 11 nitrogen and oxygen atoms in total. The molecule has 5 unspecified atom stereocenters. The van der Waals surface area contributed by atoms with Gasteiger partial charge in [-0.2, -0.15) is 0 Å². The number of methoxy groups -OCH3 is 1. The van der Waals surface area contributed by atoms with E-state index in [0.717, 1.165) is 44.9 Å². The Morgan fingerprint density at radius 2 is 1.58 bits per heavy atom. The van der Waals surface area contributed by atoms with E-state index in [4.69, 9.17) is 20.1 Å². The molecule has 5 fully saturated rings. The third-order valence-corrected chi connectivity index (χ3v) is 15.5. The normalized spacial score (nSPS) is 51.3. The number of carbonyl (C=O) groups excluding carboxylic acids is 3. The van der Waals surface area contributed by atoms with Gasteiger partial charge in [-0.3, -0.25) is 19.8 Å². The van der Waals surface area contributed by atoms with Gasteiger partial charge in [0.2, 0.25) is 0 Å². The van der Waals surface area contributed by atoms with Crippen molar-refractivity contribution in [3.8, 4) is 0 Å². The summed E-state index contributed by atoms with van der Waals surface area (Å²) in [5.74, 6) is 4.54. The van der Waals surface area contributed by atoms with Gasteiger partial charge in [-0.15, -0.1) is 0 Å².